The first-order valence-electron chi connectivity index (χ1n) is 23.5. The lowest BCUT2D eigenvalue weighted by molar-refractivity contribution is 0.00484. The van der Waals surface area contributed by atoms with Gasteiger partial charge in [-0.15, -0.1) is 0 Å². The van der Waals surface area contributed by atoms with Crippen LogP contribution in [0.4, 0.5) is 0 Å². The van der Waals surface area contributed by atoms with Crippen LogP contribution in [0.3, 0.4) is 0 Å². The summed E-state index contributed by atoms with van der Waals surface area (Å²) in [5.74, 6) is 3.66. The van der Waals surface area contributed by atoms with E-state index in [1.807, 2.05) is 7.11 Å². The molecule has 63 heavy (non-hydrogen) atoms. The second-order valence-electron chi connectivity index (χ2n) is 21.8. The zero-order valence-corrected chi connectivity index (χ0v) is 41.4. The van der Waals surface area contributed by atoms with Crippen molar-refractivity contribution in [2.24, 2.45) is 0 Å². The summed E-state index contributed by atoms with van der Waals surface area (Å²) in [6, 6.07) is 19.0. The molecule has 7 heteroatoms. The van der Waals surface area contributed by atoms with Crippen LogP contribution in [0.2, 0.25) is 0 Å². The minimum atomic E-state index is -0.119. The molecule has 4 aromatic carbocycles. The van der Waals surface area contributed by atoms with Gasteiger partial charge in [0.25, 0.3) is 0 Å². The van der Waals surface area contributed by atoms with Crippen LogP contribution in [0, 0.1) is 0 Å². The Kier molecular flexibility index (Phi) is 15.4. The van der Waals surface area contributed by atoms with E-state index in [0.717, 1.165) is 73.9 Å². The second kappa shape index (κ2) is 20.0. The topological polar surface area (TPSA) is 64.6 Å². The van der Waals surface area contributed by atoms with Crippen LogP contribution >= 0.6 is 0 Å². The highest BCUT2D eigenvalue weighted by molar-refractivity contribution is 5.60. The van der Waals surface area contributed by atoms with E-state index >= 15 is 0 Å². The molecule has 0 unspecified atom stereocenters. The maximum atomic E-state index is 6.99. The lowest BCUT2D eigenvalue weighted by Crippen LogP contribution is -2.19. The molecular formula is C56H78O7. The van der Waals surface area contributed by atoms with Gasteiger partial charge in [-0.2, -0.15) is 0 Å². The minimum absolute atomic E-state index is 0.113. The molecule has 0 saturated carbocycles. The highest BCUT2D eigenvalue weighted by Crippen LogP contribution is 2.44. The molecule has 0 saturated heterocycles. The molecule has 6 rings (SSSR count). The third-order valence-electron chi connectivity index (χ3n) is 12.3. The summed E-state index contributed by atoms with van der Waals surface area (Å²) in [4.78, 5) is 0. The predicted molar refractivity (Wildman–Crippen MR) is 258 cm³/mol. The van der Waals surface area contributed by atoms with E-state index in [-0.39, 0.29) is 21.7 Å². The van der Waals surface area contributed by atoms with Crippen LogP contribution < -0.4 is 18.9 Å². The summed E-state index contributed by atoms with van der Waals surface area (Å²) in [6.07, 6.45) is 3.42. The van der Waals surface area contributed by atoms with E-state index in [1.165, 1.54) is 22.3 Å². The van der Waals surface area contributed by atoms with Crippen molar-refractivity contribution in [1.29, 1.82) is 0 Å². The second-order valence-corrected chi connectivity index (χ2v) is 21.8. The van der Waals surface area contributed by atoms with Gasteiger partial charge < -0.3 is 33.2 Å². The molecule has 4 aromatic rings. The highest BCUT2D eigenvalue weighted by atomic mass is 16.6. The summed E-state index contributed by atoms with van der Waals surface area (Å²) in [5, 5.41) is 0. The van der Waals surface area contributed by atoms with Crippen LogP contribution in [0.25, 0.3) is 0 Å². The number of hydrogen-bond donors (Lipinski definition) is 0. The quantitative estimate of drug-likeness (QED) is 0.178. The summed E-state index contributed by atoms with van der Waals surface area (Å²) in [5.41, 5.74) is 13.7. The van der Waals surface area contributed by atoms with Gasteiger partial charge in [0.05, 0.1) is 53.4 Å². The van der Waals surface area contributed by atoms with Crippen molar-refractivity contribution in [1.82, 2.24) is 0 Å². The summed E-state index contributed by atoms with van der Waals surface area (Å²) in [7, 11) is 1.82. The van der Waals surface area contributed by atoms with Crippen LogP contribution in [-0.2, 0) is 61.6 Å². The molecule has 2 aliphatic rings. The maximum absolute atomic E-state index is 6.99. The Morgan fingerprint density at radius 1 is 0.397 bits per heavy atom. The molecule has 0 amide bonds. The summed E-state index contributed by atoms with van der Waals surface area (Å²) in [6.45, 7) is 34.0. The summed E-state index contributed by atoms with van der Waals surface area (Å²) >= 11 is 0. The van der Waals surface area contributed by atoms with Crippen LogP contribution in [0.15, 0.2) is 48.5 Å². The van der Waals surface area contributed by atoms with E-state index in [2.05, 4.69) is 139 Å². The number of rotatable bonds is 4. The molecule has 0 fully saturated rings. The number of benzene rings is 4. The van der Waals surface area contributed by atoms with Gasteiger partial charge in [0, 0.05) is 25.7 Å². The van der Waals surface area contributed by atoms with Crippen LogP contribution in [-0.4, -0.2) is 66.6 Å². The zero-order chi connectivity index (χ0) is 45.7. The maximum Gasteiger partial charge on any atom is 0.126 e. The largest absolute Gasteiger partial charge is 0.496 e. The van der Waals surface area contributed by atoms with Crippen molar-refractivity contribution >= 4 is 0 Å². The Morgan fingerprint density at radius 3 is 0.937 bits per heavy atom. The van der Waals surface area contributed by atoms with Gasteiger partial charge in [-0.05, 0) is 94.8 Å². The van der Waals surface area contributed by atoms with Crippen molar-refractivity contribution in [3.05, 3.63) is 115 Å². The van der Waals surface area contributed by atoms with Crippen LogP contribution in [0.1, 0.15) is 163 Å². The molecule has 344 valence electrons. The Bertz CT molecular complexity index is 2060. The fraction of sp³-hybridized carbons (Fsp3) is 0.571. The third kappa shape index (κ3) is 12.2. The Balaban J connectivity index is 1.77. The van der Waals surface area contributed by atoms with Gasteiger partial charge in [0.1, 0.15) is 36.2 Å². The van der Waals surface area contributed by atoms with E-state index in [4.69, 9.17) is 33.2 Å². The monoisotopic (exact) mass is 863 g/mol. The van der Waals surface area contributed by atoms with E-state index < -0.39 is 0 Å². The highest BCUT2D eigenvalue weighted by Gasteiger charge is 2.29. The fourth-order valence-electron chi connectivity index (χ4n) is 8.59. The van der Waals surface area contributed by atoms with E-state index in [9.17, 15) is 0 Å². The smallest absolute Gasteiger partial charge is 0.126 e. The van der Waals surface area contributed by atoms with Crippen LogP contribution in [0.5, 0.6) is 23.0 Å². The van der Waals surface area contributed by atoms with Gasteiger partial charge in [0.15, 0.2) is 0 Å². The molecule has 1 aliphatic heterocycles. The predicted octanol–water partition coefficient (Wildman–Crippen LogP) is 12.2. The molecule has 0 radical (unpaired) electrons. The fourth-order valence-corrected chi connectivity index (χ4v) is 8.59. The number of ether oxygens (including phenoxy) is 7. The lowest BCUT2D eigenvalue weighted by atomic mass is 9.79. The normalized spacial score (nSPS) is 16.2. The molecule has 0 spiro atoms. The molecule has 0 aromatic heterocycles. The van der Waals surface area contributed by atoms with Gasteiger partial charge >= 0.3 is 0 Å². The molecule has 7 nitrogen and oxygen atoms in total. The Labute approximate surface area is 380 Å². The van der Waals surface area contributed by atoms with Gasteiger partial charge in [-0.3, -0.25) is 0 Å². The van der Waals surface area contributed by atoms with E-state index in [0.29, 0.717) is 85.1 Å². The first-order valence-corrected chi connectivity index (χ1v) is 23.5. The molecule has 0 N–H and O–H groups in total. The van der Waals surface area contributed by atoms with Gasteiger partial charge in [-0.25, -0.2) is 0 Å². The molecule has 1 heterocycles. The van der Waals surface area contributed by atoms with Gasteiger partial charge in [-0.1, -0.05) is 139 Å². The number of methoxy groups -OCH3 is 1. The molecule has 10 bridgehead atoms. The SMILES string of the molecule is CCCOc1c2cc(C(C)(C)C)cc1Cc1cc(C(C)(C)C)cc3c1OCCOCCOCCOCCOc1c(cc(C(C)(C)C)cc1C2)Cc1cc(C(C)(C)C)cc(c1OC)C3. The number of hydrogen-bond acceptors (Lipinski definition) is 7. The molecule has 1 aliphatic carbocycles. The van der Waals surface area contributed by atoms with Crippen molar-refractivity contribution in [3.8, 4) is 23.0 Å². The average molecular weight is 863 g/mol. The molecular weight excluding hydrogens is 785 g/mol. The van der Waals surface area contributed by atoms with Crippen molar-refractivity contribution in [2.45, 2.75) is 144 Å². The molecule has 0 atom stereocenters. The van der Waals surface area contributed by atoms with Crippen molar-refractivity contribution in [3.63, 3.8) is 0 Å². The first-order chi connectivity index (χ1) is 29.7. The third-order valence-corrected chi connectivity index (χ3v) is 12.3. The standard InChI is InChI=1S/C56H78O7/c1-15-16-61-50-41-27-43-35-46(54(5,6)7)31-39-25-37-29-45(53(2,3)4)30-38(49(37)57-14)26-40-32-47(55(8,9)10)36-44(28-42(50)34-48(33-41)56(11,12)13)52(40)63-24-22-60-20-18-58-17-19-59-21-23-62-51(39)43/h29-36H,15-28H2,1-14H3. The Morgan fingerprint density at radius 2 is 0.667 bits per heavy atom. The Hall–Kier alpha value is -4.04. The van der Waals surface area contributed by atoms with Crippen molar-refractivity contribution < 1.29 is 33.2 Å². The zero-order valence-electron chi connectivity index (χ0n) is 41.4. The number of fused-ring (bicyclic) bond motifs is 2. The van der Waals surface area contributed by atoms with Crippen molar-refractivity contribution in [2.75, 3.05) is 66.6 Å². The summed E-state index contributed by atoms with van der Waals surface area (Å²) < 4.78 is 45.5. The minimum Gasteiger partial charge on any atom is -0.496 e. The lowest BCUT2D eigenvalue weighted by Gasteiger charge is -2.29. The first kappa shape index (κ1) is 48.4. The van der Waals surface area contributed by atoms with E-state index in [1.54, 1.807) is 0 Å². The van der Waals surface area contributed by atoms with Gasteiger partial charge in [0.2, 0.25) is 0 Å². The average Bonchev–Trinajstić information content (AvgIpc) is 3.18.